The van der Waals surface area contributed by atoms with Crippen LogP contribution in [0.1, 0.15) is 22.8 Å². The predicted molar refractivity (Wildman–Crippen MR) is 80.3 cm³/mol. The van der Waals surface area contributed by atoms with Crippen molar-refractivity contribution in [2.75, 3.05) is 13.7 Å². The smallest absolute Gasteiger partial charge is 0.343 e. The number of hydrogen-bond donors (Lipinski definition) is 0. The quantitative estimate of drug-likeness (QED) is 0.622. The van der Waals surface area contributed by atoms with Crippen molar-refractivity contribution in [2.45, 2.75) is 13.8 Å². The monoisotopic (exact) mass is 286 g/mol. The third kappa shape index (κ3) is 3.75. The summed E-state index contributed by atoms with van der Waals surface area (Å²) in [6, 6.07) is 12.3. The van der Waals surface area contributed by atoms with Crippen molar-refractivity contribution in [2.24, 2.45) is 0 Å². The van der Waals surface area contributed by atoms with Gasteiger partial charge in [0.05, 0.1) is 19.3 Å². The zero-order chi connectivity index (χ0) is 15.2. The molecule has 110 valence electrons. The number of benzene rings is 2. The highest BCUT2D eigenvalue weighted by Gasteiger charge is 2.13. The van der Waals surface area contributed by atoms with Gasteiger partial charge in [0.15, 0.2) is 11.5 Å². The van der Waals surface area contributed by atoms with Crippen molar-refractivity contribution in [1.82, 2.24) is 0 Å². The molecule has 2 aromatic rings. The third-order valence-electron chi connectivity index (χ3n) is 2.93. The lowest BCUT2D eigenvalue weighted by Gasteiger charge is -2.11. The molecule has 0 heterocycles. The summed E-state index contributed by atoms with van der Waals surface area (Å²) in [5, 5.41) is 0. The molecule has 21 heavy (non-hydrogen) atoms. The van der Waals surface area contributed by atoms with Gasteiger partial charge >= 0.3 is 5.97 Å². The molecule has 2 aromatic carbocycles. The van der Waals surface area contributed by atoms with E-state index in [1.165, 1.54) is 0 Å². The van der Waals surface area contributed by atoms with Gasteiger partial charge < -0.3 is 14.2 Å². The van der Waals surface area contributed by atoms with Crippen LogP contribution in [0.2, 0.25) is 0 Å². The average Bonchev–Trinajstić information content (AvgIpc) is 2.50. The second-order valence-corrected chi connectivity index (χ2v) is 4.50. The van der Waals surface area contributed by atoms with Crippen LogP contribution in [-0.2, 0) is 0 Å². The molecule has 0 aromatic heterocycles. The van der Waals surface area contributed by atoms with Crippen LogP contribution in [0.3, 0.4) is 0 Å². The third-order valence-corrected chi connectivity index (χ3v) is 2.93. The molecule has 0 saturated heterocycles. The Balaban J connectivity index is 2.18. The Hall–Kier alpha value is -2.49. The number of carbonyl (C=O) groups is 1. The topological polar surface area (TPSA) is 44.8 Å². The van der Waals surface area contributed by atoms with E-state index < -0.39 is 5.97 Å². The van der Waals surface area contributed by atoms with E-state index in [0.717, 1.165) is 5.56 Å². The lowest BCUT2D eigenvalue weighted by atomic mass is 10.2. The Kier molecular flexibility index (Phi) is 4.82. The zero-order valence-electron chi connectivity index (χ0n) is 12.4. The molecule has 0 aliphatic rings. The fourth-order valence-corrected chi connectivity index (χ4v) is 1.84. The van der Waals surface area contributed by atoms with Crippen molar-refractivity contribution >= 4 is 5.97 Å². The standard InChI is InChI=1S/C17H18O4/c1-4-20-16-11-13(7-10-15(16)19-3)17(18)21-14-8-5-12(2)6-9-14/h5-11H,4H2,1-3H3. The van der Waals surface area contributed by atoms with Crippen molar-refractivity contribution < 1.29 is 19.0 Å². The van der Waals surface area contributed by atoms with Gasteiger partial charge in [-0.25, -0.2) is 4.79 Å². The summed E-state index contributed by atoms with van der Waals surface area (Å²) < 4.78 is 16.0. The largest absolute Gasteiger partial charge is 0.493 e. The van der Waals surface area contributed by atoms with Crippen molar-refractivity contribution in [3.8, 4) is 17.2 Å². The number of methoxy groups -OCH3 is 1. The Morgan fingerprint density at radius 3 is 2.38 bits per heavy atom. The second-order valence-electron chi connectivity index (χ2n) is 4.50. The number of rotatable bonds is 5. The van der Waals surface area contributed by atoms with Crippen molar-refractivity contribution in [3.63, 3.8) is 0 Å². The molecule has 0 atom stereocenters. The fraction of sp³-hybridized carbons (Fsp3) is 0.235. The molecule has 0 bridgehead atoms. The maximum absolute atomic E-state index is 12.1. The van der Waals surface area contributed by atoms with Gasteiger partial charge in [0.1, 0.15) is 5.75 Å². The molecule has 0 spiro atoms. The highest BCUT2D eigenvalue weighted by atomic mass is 16.5. The maximum atomic E-state index is 12.1. The molecule has 2 rings (SSSR count). The van der Waals surface area contributed by atoms with Crippen LogP contribution >= 0.6 is 0 Å². The molecule has 0 saturated carbocycles. The fourth-order valence-electron chi connectivity index (χ4n) is 1.84. The van der Waals surface area contributed by atoms with Gasteiger partial charge in [-0.3, -0.25) is 0 Å². The number of ether oxygens (including phenoxy) is 3. The van der Waals surface area contributed by atoms with E-state index in [4.69, 9.17) is 14.2 Å². The molecule has 0 aliphatic carbocycles. The summed E-state index contributed by atoms with van der Waals surface area (Å²) in [4.78, 5) is 12.1. The summed E-state index contributed by atoms with van der Waals surface area (Å²) in [5.74, 6) is 1.20. The molecular weight excluding hydrogens is 268 g/mol. The first-order chi connectivity index (χ1) is 10.1. The Morgan fingerprint density at radius 1 is 1.05 bits per heavy atom. The van der Waals surface area contributed by atoms with Crippen LogP contribution < -0.4 is 14.2 Å². The number of esters is 1. The molecule has 0 aliphatic heterocycles. The minimum atomic E-state index is -0.428. The van der Waals surface area contributed by atoms with Gasteiger partial charge in [-0.1, -0.05) is 17.7 Å². The van der Waals surface area contributed by atoms with Crippen LogP contribution in [0.5, 0.6) is 17.2 Å². The number of hydrogen-bond acceptors (Lipinski definition) is 4. The minimum Gasteiger partial charge on any atom is -0.493 e. The second kappa shape index (κ2) is 6.79. The number of carbonyl (C=O) groups excluding carboxylic acids is 1. The van der Waals surface area contributed by atoms with Crippen LogP contribution in [-0.4, -0.2) is 19.7 Å². The van der Waals surface area contributed by atoms with Crippen LogP contribution in [0.25, 0.3) is 0 Å². The Labute approximate surface area is 124 Å². The van der Waals surface area contributed by atoms with E-state index in [0.29, 0.717) is 29.4 Å². The highest BCUT2D eigenvalue weighted by molar-refractivity contribution is 5.91. The Morgan fingerprint density at radius 2 is 1.76 bits per heavy atom. The molecule has 0 amide bonds. The van der Waals surface area contributed by atoms with Gasteiger partial charge in [-0.05, 0) is 44.2 Å². The van der Waals surface area contributed by atoms with E-state index >= 15 is 0 Å². The molecule has 0 radical (unpaired) electrons. The Bertz CT molecular complexity index is 617. The SMILES string of the molecule is CCOc1cc(C(=O)Oc2ccc(C)cc2)ccc1OC. The van der Waals surface area contributed by atoms with Crippen LogP contribution in [0.4, 0.5) is 0 Å². The average molecular weight is 286 g/mol. The predicted octanol–water partition coefficient (Wildman–Crippen LogP) is 3.62. The van der Waals surface area contributed by atoms with Gasteiger partial charge in [0.2, 0.25) is 0 Å². The summed E-state index contributed by atoms with van der Waals surface area (Å²) in [7, 11) is 1.56. The lowest BCUT2D eigenvalue weighted by Crippen LogP contribution is -2.09. The molecule has 4 heteroatoms. The van der Waals surface area contributed by atoms with E-state index in [2.05, 4.69) is 0 Å². The first-order valence-corrected chi connectivity index (χ1v) is 6.73. The molecule has 0 fully saturated rings. The summed E-state index contributed by atoms with van der Waals surface area (Å²) in [6.07, 6.45) is 0. The summed E-state index contributed by atoms with van der Waals surface area (Å²) in [5.41, 5.74) is 1.53. The maximum Gasteiger partial charge on any atom is 0.343 e. The van der Waals surface area contributed by atoms with E-state index in [1.54, 1.807) is 37.4 Å². The van der Waals surface area contributed by atoms with Gasteiger partial charge in [-0.15, -0.1) is 0 Å². The highest BCUT2D eigenvalue weighted by Crippen LogP contribution is 2.28. The molecular formula is C17H18O4. The first-order valence-electron chi connectivity index (χ1n) is 6.73. The van der Waals surface area contributed by atoms with Gasteiger partial charge in [0.25, 0.3) is 0 Å². The first kappa shape index (κ1) is 14.9. The van der Waals surface area contributed by atoms with Crippen LogP contribution in [0, 0.1) is 6.92 Å². The number of aryl methyl sites for hydroxylation is 1. The zero-order valence-corrected chi connectivity index (χ0v) is 12.4. The van der Waals surface area contributed by atoms with Crippen molar-refractivity contribution in [1.29, 1.82) is 0 Å². The summed E-state index contributed by atoms with van der Waals surface area (Å²) in [6.45, 7) is 4.34. The van der Waals surface area contributed by atoms with Gasteiger partial charge in [0, 0.05) is 0 Å². The molecule has 4 nitrogen and oxygen atoms in total. The van der Waals surface area contributed by atoms with E-state index in [9.17, 15) is 4.79 Å². The summed E-state index contributed by atoms with van der Waals surface area (Å²) >= 11 is 0. The van der Waals surface area contributed by atoms with Crippen LogP contribution in [0.15, 0.2) is 42.5 Å². The lowest BCUT2D eigenvalue weighted by molar-refractivity contribution is 0.0734. The normalized spacial score (nSPS) is 10.0. The van der Waals surface area contributed by atoms with Gasteiger partial charge in [-0.2, -0.15) is 0 Å². The molecule has 0 unspecified atom stereocenters. The minimum absolute atomic E-state index is 0.417. The van der Waals surface area contributed by atoms with E-state index in [-0.39, 0.29) is 0 Å². The van der Waals surface area contributed by atoms with E-state index in [1.807, 2.05) is 26.0 Å². The molecule has 0 N–H and O–H groups in total. The van der Waals surface area contributed by atoms with Crippen molar-refractivity contribution in [3.05, 3.63) is 53.6 Å².